The third-order valence-electron chi connectivity index (χ3n) is 4.52. The topological polar surface area (TPSA) is 75.7 Å². The van der Waals surface area contributed by atoms with Crippen molar-refractivity contribution in [3.63, 3.8) is 0 Å². The number of benzene rings is 1. The van der Waals surface area contributed by atoms with Crippen molar-refractivity contribution in [2.24, 2.45) is 5.92 Å². The van der Waals surface area contributed by atoms with Gasteiger partial charge in [-0.3, -0.25) is 4.79 Å². The summed E-state index contributed by atoms with van der Waals surface area (Å²) in [6.45, 7) is 1.07. The van der Waals surface area contributed by atoms with Crippen molar-refractivity contribution in [3.05, 3.63) is 45.7 Å². The fraction of sp³-hybridized carbons (Fsp3) is 0.389. The summed E-state index contributed by atoms with van der Waals surface area (Å²) in [6, 6.07) is 10.8. The molecule has 1 aromatic heterocycles. The van der Waals surface area contributed by atoms with E-state index in [9.17, 15) is 13.2 Å². The average Bonchev–Trinajstić information content (AvgIpc) is 3.14. The minimum Gasteiger partial charge on any atom is -0.497 e. The lowest BCUT2D eigenvalue weighted by molar-refractivity contribution is -0.126. The molecule has 1 atom stereocenters. The van der Waals surface area contributed by atoms with Crippen molar-refractivity contribution in [2.75, 3.05) is 20.2 Å². The molecule has 1 saturated heterocycles. The number of sulfonamides is 1. The zero-order valence-electron chi connectivity index (χ0n) is 14.9. The number of methoxy groups -OCH3 is 1. The number of hydrogen-bond acceptors (Lipinski definition) is 5. The highest BCUT2D eigenvalue weighted by molar-refractivity contribution is 9.11. The van der Waals surface area contributed by atoms with Gasteiger partial charge in [0.05, 0.1) is 16.8 Å². The Labute approximate surface area is 171 Å². The quantitative estimate of drug-likeness (QED) is 0.699. The largest absolute Gasteiger partial charge is 0.497 e. The molecule has 0 radical (unpaired) electrons. The van der Waals surface area contributed by atoms with Gasteiger partial charge in [-0.1, -0.05) is 12.1 Å². The number of ether oxygens (including phenoxy) is 1. The number of piperidine rings is 1. The van der Waals surface area contributed by atoms with Gasteiger partial charge in [-0.25, -0.2) is 8.42 Å². The fourth-order valence-electron chi connectivity index (χ4n) is 3.02. The smallest absolute Gasteiger partial charge is 0.252 e. The van der Waals surface area contributed by atoms with Crippen LogP contribution in [0.2, 0.25) is 0 Å². The molecular weight excluding hydrogens is 452 g/mol. The Morgan fingerprint density at radius 2 is 2.04 bits per heavy atom. The zero-order chi connectivity index (χ0) is 19.4. The number of nitrogens with zero attached hydrogens (tertiary/aromatic N) is 1. The van der Waals surface area contributed by atoms with Gasteiger partial charge in [0.2, 0.25) is 5.91 Å². The third-order valence-corrected chi connectivity index (χ3v) is 8.48. The fourth-order valence-corrected chi connectivity index (χ4v) is 6.70. The molecule has 146 valence electrons. The van der Waals surface area contributed by atoms with Crippen molar-refractivity contribution in [2.45, 2.75) is 23.6 Å². The Balaban J connectivity index is 1.60. The van der Waals surface area contributed by atoms with E-state index >= 15 is 0 Å². The van der Waals surface area contributed by atoms with Crippen LogP contribution in [-0.2, 0) is 21.4 Å². The first kappa shape index (κ1) is 20.3. The second kappa shape index (κ2) is 8.72. The molecule has 0 unspecified atom stereocenters. The summed E-state index contributed by atoms with van der Waals surface area (Å²) in [5.41, 5.74) is 0.966. The van der Waals surface area contributed by atoms with Crippen LogP contribution in [0.4, 0.5) is 0 Å². The summed E-state index contributed by atoms with van der Waals surface area (Å²) in [6.07, 6.45) is 1.36. The molecule has 2 heterocycles. The maximum Gasteiger partial charge on any atom is 0.252 e. The molecule has 1 aliphatic rings. The van der Waals surface area contributed by atoms with Gasteiger partial charge in [-0.15, -0.1) is 11.3 Å². The minimum absolute atomic E-state index is 0.113. The number of halogens is 1. The van der Waals surface area contributed by atoms with Crippen LogP contribution in [0.1, 0.15) is 18.4 Å². The number of rotatable bonds is 6. The molecule has 0 aliphatic carbocycles. The molecule has 6 nitrogen and oxygen atoms in total. The van der Waals surface area contributed by atoms with E-state index in [0.29, 0.717) is 30.1 Å². The molecule has 1 fully saturated rings. The average molecular weight is 473 g/mol. The van der Waals surface area contributed by atoms with E-state index in [4.69, 9.17) is 4.74 Å². The van der Waals surface area contributed by atoms with Gasteiger partial charge in [0, 0.05) is 19.6 Å². The Kier molecular flexibility index (Phi) is 6.56. The number of carbonyl (C=O) groups excluding carboxylic acids is 1. The lowest BCUT2D eigenvalue weighted by Crippen LogP contribution is -2.45. The maximum atomic E-state index is 12.8. The lowest BCUT2D eigenvalue weighted by atomic mass is 9.99. The minimum atomic E-state index is -3.55. The summed E-state index contributed by atoms with van der Waals surface area (Å²) in [7, 11) is -1.95. The van der Waals surface area contributed by atoms with Crippen molar-refractivity contribution in [3.8, 4) is 5.75 Å². The molecule has 0 bridgehead atoms. The van der Waals surface area contributed by atoms with E-state index in [1.165, 1.54) is 15.6 Å². The predicted octanol–water partition coefficient (Wildman–Crippen LogP) is 3.24. The summed E-state index contributed by atoms with van der Waals surface area (Å²) in [5.74, 6) is 0.312. The Bertz CT molecular complexity index is 896. The molecule has 0 saturated carbocycles. The number of nitrogens with one attached hydrogen (secondary N) is 1. The molecule has 1 aliphatic heterocycles. The number of hydrogen-bond donors (Lipinski definition) is 1. The molecular formula is C18H21BrN2O4S2. The molecule has 1 N–H and O–H groups in total. The number of thiophene rings is 1. The zero-order valence-corrected chi connectivity index (χ0v) is 18.1. The summed E-state index contributed by atoms with van der Waals surface area (Å²) < 4.78 is 33.2. The van der Waals surface area contributed by atoms with Crippen LogP contribution < -0.4 is 10.1 Å². The van der Waals surface area contributed by atoms with Crippen molar-refractivity contribution in [1.29, 1.82) is 0 Å². The van der Waals surface area contributed by atoms with E-state index in [2.05, 4.69) is 21.2 Å². The summed E-state index contributed by atoms with van der Waals surface area (Å²) >= 11 is 4.48. The number of amides is 1. The molecule has 27 heavy (non-hydrogen) atoms. The second-order valence-electron chi connectivity index (χ2n) is 6.33. The second-order valence-corrected chi connectivity index (χ2v) is 11.0. The molecule has 1 aromatic carbocycles. The van der Waals surface area contributed by atoms with Gasteiger partial charge >= 0.3 is 0 Å². The maximum absolute atomic E-state index is 12.8. The van der Waals surface area contributed by atoms with E-state index in [1.807, 2.05) is 24.3 Å². The first-order valence-corrected chi connectivity index (χ1v) is 11.6. The highest BCUT2D eigenvalue weighted by Crippen LogP contribution is 2.30. The van der Waals surface area contributed by atoms with E-state index in [-0.39, 0.29) is 18.4 Å². The standard InChI is InChI=1S/C18H21BrN2O4S2/c1-25-15-6-4-13(5-7-15)11-20-18(22)14-3-2-10-21(12-14)27(23,24)17-9-8-16(19)26-17/h4-9,14H,2-3,10-12H2,1H3,(H,20,22)/t14-/m1/s1. The van der Waals surface area contributed by atoms with Gasteiger partial charge in [0.25, 0.3) is 10.0 Å². The van der Waals surface area contributed by atoms with Crippen LogP contribution in [-0.4, -0.2) is 38.8 Å². The van der Waals surface area contributed by atoms with Gasteiger partial charge in [0.1, 0.15) is 9.96 Å². The van der Waals surface area contributed by atoms with Gasteiger partial charge < -0.3 is 10.1 Å². The van der Waals surface area contributed by atoms with Crippen LogP contribution in [0, 0.1) is 5.92 Å². The molecule has 1 amide bonds. The molecule has 0 spiro atoms. The van der Waals surface area contributed by atoms with Crippen LogP contribution in [0.25, 0.3) is 0 Å². The van der Waals surface area contributed by atoms with Crippen LogP contribution in [0.15, 0.2) is 44.4 Å². The first-order chi connectivity index (χ1) is 12.9. The first-order valence-electron chi connectivity index (χ1n) is 8.56. The molecule has 3 rings (SSSR count). The van der Waals surface area contributed by atoms with Gasteiger partial charge in [-0.05, 0) is 58.6 Å². The SMILES string of the molecule is COc1ccc(CNC(=O)[C@@H]2CCCN(S(=O)(=O)c3ccc(Br)s3)C2)cc1. The predicted molar refractivity (Wildman–Crippen MR) is 108 cm³/mol. The molecule has 9 heteroatoms. The Morgan fingerprint density at radius 1 is 1.30 bits per heavy atom. The normalized spacial score (nSPS) is 18.2. The lowest BCUT2D eigenvalue weighted by Gasteiger charge is -2.30. The highest BCUT2D eigenvalue weighted by atomic mass is 79.9. The van der Waals surface area contributed by atoms with E-state index in [1.54, 1.807) is 19.2 Å². The Hall–Kier alpha value is -1.42. The van der Waals surface area contributed by atoms with Crippen molar-refractivity contribution in [1.82, 2.24) is 9.62 Å². The summed E-state index contributed by atoms with van der Waals surface area (Å²) in [5, 5.41) is 2.92. The van der Waals surface area contributed by atoms with Crippen molar-refractivity contribution < 1.29 is 17.9 Å². The molecule has 2 aromatic rings. The Morgan fingerprint density at radius 3 is 2.67 bits per heavy atom. The van der Waals surface area contributed by atoms with E-state index in [0.717, 1.165) is 15.1 Å². The van der Waals surface area contributed by atoms with Crippen LogP contribution in [0.3, 0.4) is 0 Å². The van der Waals surface area contributed by atoms with Gasteiger partial charge in [0.15, 0.2) is 0 Å². The van der Waals surface area contributed by atoms with E-state index < -0.39 is 10.0 Å². The van der Waals surface area contributed by atoms with Crippen LogP contribution >= 0.6 is 27.3 Å². The van der Waals surface area contributed by atoms with Gasteiger partial charge in [-0.2, -0.15) is 4.31 Å². The number of carbonyl (C=O) groups is 1. The summed E-state index contributed by atoms with van der Waals surface area (Å²) in [4.78, 5) is 12.5. The monoisotopic (exact) mass is 472 g/mol. The van der Waals surface area contributed by atoms with Crippen molar-refractivity contribution >= 4 is 43.2 Å². The van der Waals surface area contributed by atoms with Crippen LogP contribution in [0.5, 0.6) is 5.75 Å². The highest BCUT2D eigenvalue weighted by Gasteiger charge is 2.33. The third kappa shape index (κ3) is 4.90.